The van der Waals surface area contributed by atoms with Crippen LogP contribution in [0.1, 0.15) is 30.0 Å². The summed E-state index contributed by atoms with van der Waals surface area (Å²) in [5.41, 5.74) is 4.70. The zero-order valence-electron chi connectivity index (χ0n) is 16.7. The van der Waals surface area contributed by atoms with Crippen molar-refractivity contribution in [1.82, 2.24) is 0 Å². The molecule has 0 fully saturated rings. The molecule has 0 heterocycles. The zero-order chi connectivity index (χ0) is 21.8. The molecule has 0 spiro atoms. The van der Waals surface area contributed by atoms with E-state index >= 15 is 0 Å². The predicted molar refractivity (Wildman–Crippen MR) is 114 cm³/mol. The van der Waals surface area contributed by atoms with Gasteiger partial charge in [0.2, 0.25) is 0 Å². The number of carbonyl (C=O) groups excluding carboxylic acids is 1. The van der Waals surface area contributed by atoms with Crippen LogP contribution in [0.15, 0.2) is 52.9 Å². The molecular formula is C23H23FO5S. The van der Waals surface area contributed by atoms with Crippen LogP contribution in [0.3, 0.4) is 0 Å². The number of allylic oxidation sites excluding steroid dienone is 2. The normalized spacial score (nSPS) is 16.5. The Kier molecular flexibility index (Phi) is 7.10. The van der Waals surface area contributed by atoms with E-state index in [1.807, 2.05) is 25.1 Å². The molecule has 30 heavy (non-hydrogen) atoms. The van der Waals surface area contributed by atoms with Crippen molar-refractivity contribution < 1.29 is 28.7 Å². The van der Waals surface area contributed by atoms with Gasteiger partial charge in [-0.15, -0.1) is 0 Å². The number of ether oxygens (including phenoxy) is 1. The Morgan fingerprint density at radius 3 is 2.57 bits per heavy atom. The van der Waals surface area contributed by atoms with Crippen LogP contribution in [0, 0.1) is 5.82 Å². The Morgan fingerprint density at radius 1 is 1.23 bits per heavy atom. The van der Waals surface area contributed by atoms with Gasteiger partial charge in [0.25, 0.3) is 0 Å². The fraction of sp³-hybridized carbons (Fsp3) is 0.261. The van der Waals surface area contributed by atoms with Crippen LogP contribution in [0.25, 0.3) is 17.2 Å². The van der Waals surface area contributed by atoms with Gasteiger partial charge in [-0.1, -0.05) is 6.07 Å². The summed E-state index contributed by atoms with van der Waals surface area (Å²) >= 11 is -1.06. The van der Waals surface area contributed by atoms with Gasteiger partial charge in [0.1, 0.15) is 24.8 Å². The van der Waals surface area contributed by atoms with Gasteiger partial charge in [-0.2, -0.15) is 0 Å². The highest BCUT2D eigenvalue weighted by Gasteiger charge is 2.26. The number of halogens is 1. The molecule has 1 aliphatic rings. The first-order chi connectivity index (χ1) is 14.3. The summed E-state index contributed by atoms with van der Waals surface area (Å²) in [5, 5.41) is 18.2. The van der Waals surface area contributed by atoms with Gasteiger partial charge in [0.05, 0.1) is 13.0 Å². The quantitative estimate of drug-likeness (QED) is 0.520. The summed E-state index contributed by atoms with van der Waals surface area (Å²) in [6.45, 7) is 1.07. The van der Waals surface area contributed by atoms with Gasteiger partial charge < -0.3 is 19.5 Å². The van der Waals surface area contributed by atoms with Gasteiger partial charge in [0, 0.05) is 0 Å². The second-order valence-corrected chi connectivity index (χ2v) is 8.45. The van der Waals surface area contributed by atoms with Crippen molar-refractivity contribution in [2.75, 3.05) is 19.5 Å². The number of esters is 1. The maximum atomic E-state index is 13.9. The molecule has 2 aromatic rings. The molecule has 2 N–H and O–H groups in total. The molecule has 7 heteroatoms. The fourth-order valence-electron chi connectivity index (χ4n) is 3.34. The van der Waals surface area contributed by atoms with E-state index in [0.29, 0.717) is 11.1 Å². The highest BCUT2D eigenvalue weighted by atomic mass is 32.2. The van der Waals surface area contributed by atoms with Crippen LogP contribution < -0.4 is 0 Å². The lowest BCUT2D eigenvalue weighted by molar-refractivity contribution is -0.146. The highest BCUT2D eigenvalue weighted by Crippen LogP contribution is 2.44. The van der Waals surface area contributed by atoms with Gasteiger partial charge in [-0.25, -0.2) is 4.39 Å². The first-order valence-corrected chi connectivity index (χ1v) is 11.0. The van der Waals surface area contributed by atoms with Crippen LogP contribution in [-0.4, -0.2) is 46.3 Å². The van der Waals surface area contributed by atoms with Crippen molar-refractivity contribution >= 4 is 34.4 Å². The summed E-state index contributed by atoms with van der Waals surface area (Å²) in [4.78, 5) is 13.0. The summed E-state index contributed by atoms with van der Waals surface area (Å²) < 4.78 is 30.5. The number of hydrogen-bond acceptors (Lipinski definition) is 5. The van der Waals surface area contributed by atoms with E-state index in [0.717, 1.165) is 27.2 Å². The van der Waals surface area contributed by atoms with Crippen LogP contribution in [0.5, 0.6) is 0 Å². The summed E-state index contributed by atoms with van der Waals surface area (Å²) in [7, 11) is 0. The molecule has 0 aliphatic heterocycles. The van der Waals surface area contributed by atoms with Crippen LogP contribution in [0.2, 0.25) is 0 Å². The average Bonchev–Trinajstić information content (AvgIpc) is 2.97. The minimum atomic E-state index is -1.13. The lowest BCUT2D eigenvalue weighted by Crippen LogP contribution is -2.22. The Balaban J connectivity index is 1.93. The van der Waals surface area contributed by atoms with E-state index < -0.39 is 35.7 Å². The van der Waals surface area contributed by atoms with Crippen molar-refractivity contribution in [2.45, 2.75) is 24.3 Å². The van der Waals surface area contributed by atoms with E-state index in [2.05, 4.69) is 0 Å². The Morgan fingerprint density at radius 2 is 1.93 bits per heavy atom. The zero-order valence-corrected chi connectivity index (χ0v) is 17.5. The topological polar surface area (TPSA) is 89.8 Å². The molecule has 2 aromatic carbocycles. The number of carbonyl (C=O) groups is 1. The number of rotatable bonds is 7. The Labute approximate surface area is 177 Å². The van der Waals surface area contributed by atoms with Crippen LogP contribution in [-0.2, 0) is 20.7 Å². The van der Waals surface area contributed by atoms with Crippen molar-refractivity contribution in [3.63, 3.8) is 0 Å². The number of fused-ring (bicyclic) bond motifs is 1. The Hall–Kier alpha value is -2.45. The molecule has 3 rings (SSSR count). The molecule has 0 amide bonds. The third kappa shape index (κ3) is 4.99. The molecule has 0 bridgehead atoms. The van der Waals surface area contributed by atoms with Crippen LogP contribution >= 0.6 is 0 Å². The van der Waals surface area contributed by atoms with E-state index in [1.54, 1.807) is 24.5 Å². The standard InChI is InChI=1S/C23H23FO5S/c1-14-20(9-15-3-6-18(7-4-15)30(2)28)19-8-5-16(24)10-22(19)21(14)11-23(27)29-13-17(26)12-25/h3-10,17,25-26H,11-13H2,1-2H3/b20-9-. The molecule has 2 unspecified atom stereocenters. The first kappa shape index (κ1) is 22.2. The lowest BCUT2D eigenvalue weighted by atomic mass is 10.0. The molecule has 0 saturated heterocycles. The fourth-order valence-corrected chi connectivity index (χ4v) is 3.86. The molecule has 0 saturated carbocycles. The SMILES string of the molecule is CC1=C(CC(=O)OCC(O)CO)c2cc(F)ccc2/C1=C\c1ccc([S+](C)[O-])cc1. The van der Waals surface area contributed by atoms with Gasteiger partial charge in [-0.05, 0) is 94.0 Å². The first-order valence-electron chi connectivity index (χ1n) is 9.40. The number of aliphatic hydroxyl groups is 2. The minimum Gasteiger partial charge on any atom is -0.612 e. The number of benzene rings is 2. The third-order valence-corrected chi connectivity index (χ3v) is 5.88. The highest BCUT2D eigenvalue weighted by molar-refractivity contribution is 7.90. The van der Waals surface area contributed by atoms with Crippen molar-refractivity contribution in [2.24, 2.45) is 0 Å². The summed E-state index contributed by atoms with van der Waals surface area (Å²) in [6.07, 6.45) is 2.36. The van der Waals surface area contributed by atoms with Crippen LogP contribution in [0.4, 0.5) is 4.39 Å². The predicted octanol–water partition coefficient (Wildman–Crippen LogP) is 3.18. The maximum Gasteiger partial charge on any atom is 0.310 e. The van der Waals surface area contributed by atoms with Crippen molar-refractivity contribution in [1.29, 1.82) is 0 Å². The minimum absolute atomic E-state index is 0.0778. The van der Waals surface area contributed by atoms with E-state index in [-0.39, 0.29) is 13.0 Å². The molecule has 1 aliphatic carbocycles. The van der Waals surface area contributed by atoms with E-state index in [1.165, 1.54) is 12.1 Å². The monoisotopic (exact) mass is 430 g/mol. The third-order valence-electron chi connectivity index (χ3n) is 4.95. The van der Waals surface area contributed by atoms with E-state index in [4.69, 9.17) is 9.84 Å². The number of hydrogen-bond donors (Lipinski definition) is 2. The van der Waals surface area contributed by atoms with Gasteiger partial charge in [0.15, 0.2) is 4.90 Å². The van der Waals surface area contributed by atoms with Gasteiger partial charge in [-0.3, -0.25) is 4.79 Å². The molecular weight excluding hydrogens is 407 g/mol. The maximum absolute atomic E-state index is 13.9. The smallest absolute Gasteiger partial charge is 0.310 e. The largest absolute Gasteiger partial charge is 0.612 e. The van der Waals surface area contributed by atoms with E-state index in [9.17, 15) is 18.8 Å². The van der Waals surface area contributed by atoms with Crippen molar-refractivity contribution in [3.05, 3.63) is 70.5 Å². The molecule has 5 nitrogen and oxygen atoms in total. The molecule has 158 valence electrons. The lowest BCUT2D eigenvalue weighted by Gasteiger charge is -2.10. The van der Waals surface area contributed by atoms with Crippen molar-refractivity contribution in [3.8, 4) is 0 Å². The molecule has 2 atom stereocenters. The molecule has 0 radical (unpaired) electrons. The number of aliphatic hydroxyl groups excluding tert-OH is 2. The van der Waals surface area contributed by atoms with Gasteiger partial charge >= 0.3 is 5.97 Å². The Bertz CT molecular complexity index is 995. The second-order valence-electron chi connectivity index (χ2n) is 7.07. The summed E-state index contributed by atoms with van der Waals surface area (Å²) in [6, 6.07) is 11.8. The second kappa shape index (κ2) is 9.57. The summed E-state index contributed by atoms with van der Waals surface area (Å²) in [5.74, 6) is -0.970. The average molecular weight is 430 g/mol. The molecule has 0 aromatic heterocycles.